The molecule has 0 fully saturated rings. The zero-order chi connectivity index (χ0) is 17.8. The first-order valence-electron chi connectivity index (χ1n) is 6.69. The number of anilines is 1. The number of thioether (sulfide) groups is 1. The molecule has 0 heterocycles. The van der Waals surface area contributed by atoms with Gasteiger partial charge in [0, 0.05) is 4.90 Å². The Hall–Kier alpha value is -1.81. The van der Waals surface area contributed by atoms with Crippen LogP contribution in [0.15, 0.2) is 63.7 Å². The number of primary sulfonamides is 1. The quantitative estimate of drug-likeness (QED) is 0.744. The van der Waals surface area contributed by atoms with E-state index >= 15 is 0 Å². The normalized spacial score (nSPS) is 12.4. The number of rotatable bonds is 6. The first-order chi connectivity index (χ1) is 11.2. The summed E-state index contributed by atoms with van der Waals surface area (Å²) in [4.78, 5) is 0.639. The first kappa shape index (κ1) is 18.5. The molecule has 0 saturated heterocycles. The van der Waals surface area contributed by atoms with Crippen LogP contribution in [-0.2, 0) is 20.0 Å². The summed E-state index contributed by atoms with van der Waals surface area (Å²) in [5.41, 5.74) is 0.651. The minimum Gasteiger partial charge on any atom is -0.279 e. The Bertz CT molecular complexity index is 968. The fraction of sp³-hybridized carbons (Fsp3) is 0.0667. The molecule has 6 nitrogen and oxygen atoms in total. The second kappa shape index (κ2) is 7.39. The Morgan fingerprint density at radius 3 is 2.29 bits per heavy atom. The van der Waals surface area contributed by atoms with Crippen molar-refractivity contribution in [3.63, 3.8) is 0 Å². The number of nitrogens with two attached hydrogens (primary N) is 1. The summed E-state index contributed by atoms with van der Waals surface area (Å²) in [6.45, 7) is 0. The fourth-order valence-electron chi connectivity index (χ4n) is 1.95. The number of sulfonamides is 2. The fourth-order valence-corrected chi connectivity index (χ4v) is 4.18. The lowest BCUT2D eigenvalue weighted by molar-refractivity contribution is 0.598. The average molecular weight is 385 g/mol. The molecule has 2 rings (SSSR count). The van der Waals surface area contributed by atoms with Gasteiger partial charge in [0.2, 0.25) is 10.0 Å². The largest absolute Gasteiger partial charge is 0.279 e. The standard InChI is InChI=1S/C15H16N2O4S3/c1-22-14-8-4-2-6-12(14)10-11-23(18,19)17-13-7-3-5-9-15(13)24(16,20)21/h2-11,17H,1H3,(H2,16,20,21). The van der Waals surface area contributed by atoms with E-state index in [1.54, 1.807) is 12.1 Å². The predicted molar refractivity (Wildman–Crippen MR) is 97.6 cm³/mol. The van der Waals surface area contributed by atoms with E-state index < -0.39 is 20.0 Å². The van der Waals surface area contributed by atoms with E-state index in [-0.39, 0.29) is 10.6 Å². The molecule has 0 unspecified atom stereocenters. The smallest absolute Gasteiger partial charge is 0.255 e. The molecular formula is C15H16N2O4S3. The summed E-state index contributed by atoms with van der Waals surface area (Å²) in [7, 11) is -7.94. The SMILES string of the molecule is CSc1ccccc1C=CS(=O)(=O)Nc1ccccc1S(N)(=O)=O. The van der Waals surface area contributed by atoms with Gasteiger partial charge >= 0.3 is 0 Å². The van der Waals surface area contributed by atoms with E-state index in [9.17, 15) is 16.8 Å². The Labute approximate surface area is 145 Å². The molecule has 2 aromatic rings. The number of hydrogen-bond acceptors (Lipinski definition) is 5. The van der Waals surface area contributed by atoms with Crippen LogP contribution in [0.3, 0.4) is 0 Å². The Balaban J connectivity index is 2.32. The van der Waals surface area contributed by atoms with E-state index in [0.29, 0.717) is 0 Å². The topological polar surface area (TPSA) is 106 Å². The lowest BCUT2D eigenvalue weighted by Crippen LogP contribution is -2.17. The summed E-state index contributed by atoms with van der Waals surface area (Å²) in [6, 6.07) is 12.9. The summed E-state index contributed by atoms with van der Waals surface area (Å²) in [5.74, 6) is 0. The Morgan fingerprint density at radius 2 is 1.62 bits per heavy atom. The van der Waals surface area contributed by atoms with Crippen LogP contribution in [0.5, 0.6) is 0 Å². The van der Waals surface area contributed by atoms with Gasteiger partial charge in [-0.25, -0.2) is 22.0 Å². The first-order valence-corrected chi connectivity index (χ1v) is 11.0. The highest BCUT2D eigenvalue weighted by atomic mass is 32.2. The van der Waals surface area contributed by atoms with Gasteiger partial charge in [-0.05, 0) is 36.1 Å². The molecule has 0 aliphatic rings. The average Bonchev–Trinajstić information content (AvgIpc) is 2.52. The predicted octanol–water partition coefficient (Wildman–Crippen LogP) is 2.47. The molecule has 0 spiro atoms. The lowest BCUT2D eigenvalue weighted by atomic mass is 10.2. The molecule has 24 heavy (non-hydrogen) atoms. The van der Waals surface area contributed by atoms with Crippen molar-refractivity contribution in [1.29, 1.82) is 0 Å². The molecule has 0 radical (unpaired) electrons. The second-order valence-corrected chi connectivity index (χ2v) is 8.68. The van der Waals surface area contributed by atoms with E-state index in [1.165, 1.54) is 42.1 Å². The third-order valence-electron chi connectivity index (χ3n) is 3.01. The van der Waals surface area contributed by atoms with Crippen LogP contribution in [0.25, 0.3) is 6.08 Å². The minimum absolute atomic E-state index is 0.0946. The van der Waals surface area contributed by atoms with Gasteiger partial charge < -0.3 is 0 Å². The molecule has 0 bridgehead atoms. The van der Waals surface area contributed by atoms with Gasteiger partial charge in [-0.3, -0.25) is 4.72 Å². The molecule has 0 aliphatic carbocycles. The summed E-state index contributed by atoms with van der Waals surface area (Å²) < 4.78 is 49.7. The van der Waals surface area contributed by atoms with Crippen molar-refractivity contribution in [3.8, 4) is 0 Å². The minimum atomic E-state index is -4.04. The van der Waals surface area contributed by atoms with Gasteiger partial charge in [0.1, 0.15) is 4.90 Å². The van der Waals surface area contributed by atoms with Gasteiger partial charge in [0.05, 0.1) is 11.1 Å². The molecule has 3 N–H and O–H groups in total. The molecule has 2 aromatic carbocycles. The molecule has 0 aliphatic heterocycles. The molecule has 0 aromatic heterocycles. The second-order valence-electron chi connectivity index (χ2n) is 4.73. The van der Waals surface area contributed by atoms with Crippen molar-refractivity contribution in [2.75, 3.05) is 11.0 Å². The van der Waals surface area contributed by atoms with Crippen LogP contribution in [0.1, 0.15) is 5.56 Å². The Morgan fingerprint density at radius 1 is 1.00 bits per heavy atom. The molecule has 128 valence electrons. The molecular weight excluding hydrogens is 368 g/mol. The Kier molecular flexibility index (Phi) is 5.70. The molecule has 0 amide bonds. The van der Waals surface area contributed by atoms with Crippen molar-refractivity contribution in [1.82, 2.24) is 0 Å². The highest BCUT2D eigenvalue weighted by Gasteiger charge is 2.16. The maximum absolute atomic E-state index is 12.2. The van der Waals surface area contributed by atoms with Gasteiger partial charge in [-0.1, -0.05) is 30.3 Å². The monoisotopic (exact) mass is 384 g/mol. The number of benzene rings is 2. The highest BCUT2D eigenvalue weighted by Crippen LogP contribution is 2.23. The third kappa shape index (κ3) is 4.84. The van der Waals surface area contributed by atoms with Crippen LogP contribution in [0.2, 0.25) is 0 Å². The van der Waals surface area contributed by atoms with E-state index in [0.717, 1.165) is 15.9 Å². The third-order valence-corrected chi connectivity index (χ3v) is 5.79. The van der Waals surface area contributed by atoms with Crippen molar-refractivity contribution in [2.24, 2.45) is 5.14 Å². The van der Waals surface area contributed by atoms with Crippen molar-refractivity contribution in [2.45, 2.75) is 9.79 Å². The van der Waals surface area contributed by atoms with Crippen LogP contribution < -0.4 is 9.86 Å². The van der Waals surface area contributed by atoms with Crippen LogP contribution in [0, 0.1) is 0 Å². The summed E-state index contributed by atoms with van der Waals surface area (Å²) in [6.07, 6.45) is 3.34. The van der Waals surface area contributed by atoms with E-state index in [1.807, 2.05) is 18.4 Å². The van der Waals surface area contributed by atoms with Crippen LogP contribution in [-0.4, -0.2) is 23.1 Å². The van der Waals surface area contributed by atoms with E-state index in [2.05, 4.69) is 4.72 Å². The molecule has 0 atom stereocenters. The number of hydrogen-bond donors (Lipinski definition) is 2. The van der Waals surface area contributed by atoms with Crippen molar-refractivity contribution in [3.05, 3.63) is 59.5 Å². The number of para-hydroxylation sites is 1. The van der Waals surface area contributed by atoms with Crippen molar-refractivity contribution >= 4 is 43.6 Å². The van der Waals surface area contributed by atoms with Gasteiger partial charge in [-0.15, -0.1) is 11.8 Å². The van der Waals surface area contributed by atoms with Gasteiger partial charge in [-0.2, -0.15) is 0 Å². The van der Waals surface area contributed by atoms with E-state index in [4.69, 9.17) is 5.14 Å². The van der Waals surface area contributed by atoms with Gasteiger partial charge in [0.25, 0.3) is 10.0 Å². The van der Waals surface area contributed by atoms with Crippen LogP contribution in [0.4, 0.5) is 5.69 Å². The maximum atomic E-state index is 12.2. The highest BCUT2D eigenvalue weighted by molar-refractivity contribution is 7.98. The lowest BCUT2D eigenvalue weighted by Gasteiger charge is -2.09. The summed E-state index contributed by atoms with van der Waals surface area (Å²) in [5, 5.41) is 6.08. The zero-order valence-electron chi connectivity index (χ0n) is 12.7. The molecule has 0 saturated carbocycles. The molecule has 9 heteroatoms. The van der Waals surface area contributed by atoms with Crippen molar-refractivity contribution < 1.29 is 16.8 Å². The zero-order valence-corrected chi connectivity index (χ0v) is 15.2. The summed E-state index contributed by atoms with van der Waals surface area (Å²) >= 11 is 1.49. The van der Waals surface area contributed by atoms with Crippen LogP contribution >= 0.6 is 11.8 Å². The maximum Gasteiger partial charge on any atom is 0.255 e. The van der Waals surface area contributed by atoms with Gasteiger partial charge in [0.15, 0.2) is 0 Å². The number of nitrogens with one attached hydrogen (secondary N) is 1.